The van der Waals surface area contributed by atoms with E-state index in [1.165, 1.54) is 11.6 Å². The highest BCUT2D eigenvalue weighted by Crippen LogP contribution is 2.29. The van der Waals surface area contributed by atoms with E-state index in [1.54, 1.807) is 6.07 Å². The number of carbonyl (C=O) groups excluding carboxylic acids is 1. The molecule has 0 aromatic heterocycles. The molecular weight excluding hydrogens is 269 g/mol. The first-order valence-electron chi connectivity index (χ1n) is 7.54. The number of anilines is 1. The normalized spacial score (nSPS) is 16.6. The van der Waals surface area contributed by atoms with Gasteiger partial charge in [0.15, 0.2) is 0 Å². The molecule has 1 atom stereocenters. The number of hydrogen-bond acceptors (Lipinski definition) is 3. The Balaban J connectivity index is 2.03. The molecule has 1 aliphatic heterocycles. The summed E-state index contributed by atoms with van der Waals surface area (Å²) in [5.74, 6) is -0.558. The van der Waals surface area contributed by atoms with Gasteiger partial charge in [-0.1, -0.05) is 13.0 Å². The third-order valence-corrected chi connectivity index (χ3v) is 4.23. The lowest BCUT2D eigenvalue weighted by molar-refractivity contribution is -0.124. The summed E-state index contributed by atoms with van der Waals surface area (Å²) in [5.41, 5.74) is 6.93. The summed E-state index contributed by atoms with van der Waals surface area (Å²) in [6, 6.07) is 4.91. The van der Waals surface area contributed by atoms with Crippen LogP contribution in [-0.4, -0.2) is 31.1 Å². The maximum atomic E-state index is 13.4. The number of benzene rings is 1. The zero-order valence-corrected chi connectivity index (χ0v) is 12.8. The first-order chi connectivity index (χ1) is 9.96. The van der Waals surface area contributed by atoms with Gasteiger partial charge in [-0.2, -0.15) is 0 Å². The van der Waals surface area contributed by atoms with Crippen LogP contribution in [0.2, 0.25) is 0 Å². The molecule has 1 aromatic rings. The van der Waals surface area contributed by atoms with Gasteiger partial charge in [-0.25, -0.2) is 4.39 Å². The van der Waals surface area contributed by atoms with Crippen molar-refractivity contribution in [3.63, 3.8) is 0 Å². The van der Waals surface area contributed by atoms with E-state index in [9.17, 15) is 9.18 Å². The molecule has 1 amide bonds. The predicted octanol–water partition coefficient (Wildman–Crippen LogP) is 1.82. The largest absolute Gasteiger partial charge is 0.371 e. The van der Waals surface area contributed by atoms with Crippen LogP contribution < -0.4 is 16.0 Å². The Hall–Kier alpha value is -1.62. The Labute approximate surface area is 125 Å². The predicted molar refractivity (Wildman–Crippen MR) is 82.8 cm³/mol. The van der Waals surface area contributed by atoms with Gasteiger partial charge in [0.25, 0.3) is 0 Å². The van der Waals surface area contributed by atoms with Crippen LogP contribution in [0.25, 0.3) is 0 Å². The second kappa shape index (κ2) is 6.43. The van der Waals surface area contributed by atoms with Crippen LogP contribution in [0.15, 0.2) is 18.2 Å². The number of nitrogens with zero attached hydrogens (tertiary/aromatic N) is 1. The third-order valence-electron chi connectivity index (χ3n) is 4.23. The van der Waals surface area contributed by atoms with E-state index in [0.29, 0.717) is 13.0 Å². The van der Waals surface area contributed by atoms with Crippen LogP contribution in [0, 0.1) is 5.82 Å². The summed E-state index contributed by atoms with van der Waals surface area (Å²) in [4.78, 5) is 13.8. The van der Waals surface area contributed by atoms with E-state index in [1.807, 2.05) is 19.9 Å². The number of nitrogens with two attached hydrogens (primary N) is 1. The maximum absolute atomic E-state index is 13.4. The molecule has 1 aromatic carbocycles. The average molecular weight is 293 g/mol. The number of primary amides is 1. The number of nitrogens with one attached hydrogen (secondary N) is 1. The fraction of sp³-hybridized carbons (Fsp3) is 0.562. The van der Waals surface area contributed by atoms with Gasteiger partial charge in [-0.3, -0.25) is 4.79 Å². The van der Waals surface area contributed by atoms with Gasteiger partial charge in [-0.05, 0) is 50.4 Å². The Morgan fingerprint density at radius 1 is 1.52 bits per heavy atom. The van der Waals surface area contributed by atoms with Crippen LogP contribution in [0.1, 0.15) is 32.3 Å². The fourth-order valence-electron chi connectivity index (χ4n) is 2.71. The Morgan fingerprint density at radius 3 is 2.95 bits per heavy atom. The van der Waals surface area contributed by atoms with Crippen molar-refractivity contribution < 1.29 is 9.18 Å². The zero-order valence-electron chi connectivity index (χ0n) is 12.8. The third kappa shape index (κ3) is 3.53. The topological polar surface area (TPSA) is 58.4 Å². The van der Waals surface area contributed by atoms with Crippen LogP contribution in [0.3, 0.4) is 0 Å². The quantitative estimate of drug-likeness (QED) is 0.806. The van der Waals surface area contributed by atoms with Crippen LogP contribution in [0.5, 0.6) is 0 Å². The van der Waals surface area contributed by atoms with Gasteiger partial charge in [0.1, 0.15) is 5.82 Å². The molecule has 0 radical (unpaired) electrons. The monoisotopic (exact) mass is 293 g/mol. The second-order valence-corrected chi connectivity index (χ2v) is 5.88. The highest BCUT2D eigenvalue weighted by molar-refractivity contribution is 5.84. The first-order valence-corrected chi connectivity index (χ1v) is 7.54. The summed E-state index contributed by atoms with van der Waals surface area (Å²) < 4.78 is 13.4. The first kappa shape index (κ1) is 15.8. The SMILES string of the molecule is CCCNC(C)(CCN1CCc2ccc(F)cc21)C(N)=O. The molecule has 5 heteroatoms. The van der Waals surface area contributed by atoms with E-state index in [0.717, 1.165) is 31.6 Å². The molecule has 0 spiro atoms. The van der Waals surface area contributed by atoms with E-state index in [-0.39, 0.29) is 11.7 Å². The summed E-state index contributed by atoms with van der Waals surface area (Å²) >= 11 is 0. The van der Waals surface area contributed by atoms with E-state index >= 15 is 0 Å². The minimum atomic E-state index is -0.716. The smallest absolute Gasteiger partial charge is 0.237 e. The van der Waals surface area contributed by atoms with Crippen molar-refractivity contribution in [3.8, 4) is 0 Å². The minimum Gasteiger partial charge on any atom is -0.371 e. The van der Waals surface area contributed by atoms with Crippen molar-refractivity contribution in [2.24, 2.45) is 5.73 Å². The number of fused-ring (bicyclic) bond motifs is 1. The van der Waals surface area contributed by atoms with Crippen molar-refractivity contribution >= 4 is 11.6 Å². The van der Waals surface area contributed by atoms with E-state index in [4.69, 9.17) is 5.73 Å². The maximum Gasteiger partial charge on any atom is 0.237 e. The molecule has 0 saturated carbocycles. The van der Waals surface area contributed by atoms with Crippen molar-refractivity contribution in [1.82, 2.24) is 5.32 Å². The minimum absolute atomic E-state index is 0.220. The number of rotatable bonds is 7. The summed E-state index contributed by atoms with van der Waals surface area (Å²) in [7, 11) is 0. The van der Waals surface area contributed by atoms with Crippen molar-refractivity contribution in [2.45, 2.75) is 38.6 Å². The number of halogens is 1. The Morgan fingerprint density at radius 2 is 2.29 bits per heavy atom. The molecule has 21 heavy (non-hydrogen) atoms. The van der Waals surface area contributed by atoms with Gasteiger partial charge in [0.05, 0.1) is 5.54 Å². The van der Waals surface area contributed by atoms with Gasteiger partial charge in [0.2, 0.25) is 5.91 Å². The Bertz CT molecular complexity index is 520. The van der Waals surface area contributed by atoms with E-state index in [2.05, 4.69) is 10.2 Å². The molecule has 1 unspecified atom stereocenters. The summed E-state index contributed by atoms with van der Waals surface area (Å²) in [6.45, 7) is 6.19. The molecule has 0 saturated heterocycles. The molecule has 0 aliphatic carbocycles. The number of hydrogen-bond donors (Lipinski definition) is 2. The van der Waals surface area contributed by atoms with Gasteiger partial charge in [-0.15, -0.1) is 0 Å². The standard InChI is InChI=1S/C16H24FN3O/c1-3-8-19-16(2,15(18)21)7-10-20-9-6-12-4-5-13(17)11-14(12)20/h4-5,11,19H,3,6-10H2,1-2H3,(H2,18,21). The molecule has 4 nitrogen and oxygen atoms in total. The van der Waals surface area contributed by atoms with Crippen molar-refractivity contribution in [1.29, 1.82) is 0 Å². The van der Waals surface area contributed by atoms with Crippen molar-refractivity contribution in [3.05, 3.63) is 29.6 Å². The van der Waals surface area contributed by atoms with Crippen LogP contribution in [-0.2, 0) is 11.2 Å². The van der Waals surface area contributed by atoms with Crippen LogP contribution in [0.4, 0.5) is 10.1 Å². The van der Waals surface area contributed by atoms with E-state index < -0.39 is 5.54 Å². The average Bonchev–Trinajstić information content (AvgIpc) is 2.85. The zero-order chi connectivity index (χ0) is 15.5. The van der Waals surface area contributed by atoms with Gasteiger partial charge < -0.3 is 16.0 Å². The molecule has 116 valence electrons. The molecule has 0 fully saturated rings. The molecule has 2 rings (SSSR count). The van der Waals surface area contributed by atoms with Crippen molar-refractivity contribution in [2.75, 3.05) is 24.5 Å². The summed E-state index contributed by atoms with van der Waals surface area (Å²) in [5, 5.41) is 3.23. The molecule has 3 N–H and O–H groups in total. The lowest BCUT2D eigenvalue weighted by Gasteiger charge is -2.30. The Kier molecular flexibility index (Phi) is 4.83. The molecule has 0 bridgehead atoms. The van der Waals surface area contributed by atoms with Gasteiger partial charge in [0, 0.05) is 18.8 Å². The molecular formula is C16H24FN3O. The second-order valence-electron chi connectivity index (χ2n) is 5.88. The highest BCUT2D eigenvalue weighted by Gasteiger charge is 2.31. The lowest BCUT2D eigenvalue weighted by Crippen LogP contribution is -2.54. The molecule has 1 aliphatic rings. The fourth-order valence-corrected chi connectivity index (χ4v) is 2.71. The van der Waals surface area contributed by atoms with Gasteiger partial charge >= 0.3 is 0 Å². The number of amides is 1. The summed E-state index contributed by atoms with van der Waals surface area (Å²) in [6.07, 6.45) is 2.48. The van der Waals surface area contributed by atoms with Crippen LogP contribution >= 0.6 is 0 Å². The molecule has 1 heterocycles. The number of carbonyl (C=O) groups is 1. The lowest BCUT2D eigenvalue weighted by atomic mass is 9.96. The highest BCUT2D eigenvalue weighted by atomic mass is 19.1.